The molecule has 4 heteroatoms. The van der Waals surface area contributed by atoms with Crippen LogP contribution in [0.2, 0.25) is 0 Å². The van der Waals surface area contributed by atoms with Gasteiger partial charge in [-0.2, -0.15) is 0 Å². The van der Waals surface area contributed by atoms with Crippen LogP contribution in [0.25, 0.3) is 0 Å². The van der Waals surface area contributed by atoms with Crippen molar-refractivity contribution in [1.82, 2.24) is 10.2 Å². The second-order valence-electron chi connectivity index (χ2n) is 6.45. The van der Waals surface area contributed by atoms with E-state index in [1.807, 2.05) is 29.2 Å². The fourth-order valence-corrected chi connectivity index (χ4v) is 3.28. The van der Waals surface area contributed by atoms with Gasteiger partial charge in [-0.1, -0.05) is 48.5 Å². The van der Waals surface area contributed by atoms with Crippen LogP contribution in [-0.4, -0.2) is 44.5 Å². The summed E-state index contributed by atoms with van der Waals surface area (Å²) in [5.41, 5.74) is 3.59. The van der Waals surface area contributed by atoms with E-state index in [2.05, 4.69) is 54.6 Å². The summed E-state index contributed by atoms with van der Waals surface area (Å²) in [5.74, 6) is 0.144. The molecule has 1 heterocycles. The minimum Gasteiger partial charge on any atom is -0.311 e. The van der Waals surface area contributed by atoms with Crippen LogP contribution in [0.4, 0.5) is 5.69 Å². The molecule has 0 bridgehead atoms. The number of rotatable bonds is 6. The van der Waals surface area contributed by atoms with Crippen LogP contribution >= 0.6 is 0 Å². The minimum absolute atomic E-state index is 0.144. The van der Waals surface area contributed by atoms with E-state index in [1.165, 1.54) is 11.1 Å². The van der Waals surface area contributed by atoms with Crippen molar-refractivity contribution < 1.29 is 4.79 Å². The first-order valence-corrected chi connectivity index (χ1v) is 8.47. The molecule has 24 heavy (non-hydrogen) atoms. The lowest BCUT2D eigenvalue weighted by molar-refractivity contribution is -0.117. The standard InChI is InChI=1S/C20H25N3O/c1-22(2)19(16-8-4-3-5-9-16)14-21-15-20(24)23-13-12-17-10-6-7-11-18(17)23/h3-11,19,21H,12-15H2,1-2H3/t19-/m1/s1. The maximum Gasteiger partial charge on any atom is 0.240 e. The molecule has 0 saturated heterocycles. The van der Waals surface area contributed by atoms with Gasteiger partial charge >= 0.3 is 0 Å². The van der Waals surface area contributed by atoms with E-state index in [4.69, 9.17) is 0 Å². The number of nitrogens with one attached hydrogen (secondary N) is 1. The topological polar surface area (TPSA) is 35.6 Å². The van der Waals surface area contributed by atoms with Crippen LogP contribution in [0.1, 0.15) is 17.2 Å². The zero-order valence-corrected chi connectivity index (χ0v) is 14.4. The van der Waals surface area contributed by atoms with Crippen LogP contribution in [0.15, 0.2) is 54.6 Å². The van der Waals surface area contributed by atoms with E-state index in [-0.39, 0.29) is 11.9 Å². The number of hydrogen-bond acceptors (Lipinski definition) is 3. The third-order valence-corrected chi connectivity index (χ3v) is 4.61. The SMILES string of the molecule is CN(C)[C@H](CNCC(=O)N1CCc2ccccc21)c1ccccc1. The average molecular weight is 323 g/mol. The Kier molecular flexibility index (Phi) is 5.28. The van der Waals surface area contributed by atoms with Gasteiger partial charge in [-0.3, -0.25) is 4.79 Å². The van der Waals surface area contributed by atoms with E-state index < -0.39 is 0 Å². The van der Waals surface area contributed by atoms with E-state index in [0.717, 1.165) is 25.2 Å². The first-order chi connectivity index (χ1) is 11.7. The Balaban J connectivity index is 1.57. The van der Waals surface area contributed by atoms with Gasteiger partial charge in [0.2, 0.25) is 5.91 Å². The van der Waals surface area contributed by atoms with Crippen molar-refractivity contribution in [1.29, 1.82) is 0 Å². The van der Waals surface area contributed by atoms with Crippen LogP contribution in [0.3, 0.4) is 0 Å². The normalized spacial score (nSPS) is 14.7. The zero-order chi connectivity index (χ0) is 16.9. The molecule has 1 N–H and O–H groups in total. The van der Waals surface area contributed by atoms with Gasteiger partial charge in [0, 0.05) is 24.8 Å². The number of amides is 1. The van der Waals surface area contributed by atoms with Gasteiger partial charge in [0.15, 0.2) is 0 Å². The lowest BCUT2D eigenvalue weighted by Gasteiger charge is -2.25. The summed E-state index contributed by atoms with van der Waals surface area (Å²) in [5, 5.41) is 3.34. The molecule has 1 amide bonds. The molecule has 2 aromatic rings. The average Bonchev–Trinajstić information content (AvgIpc) is 3.03. The monoisotopic (exact) mass is 323 g/mol. The van der Waals surface area contributed by atoms with Gasteiger partial charge in [0.1, 0.15) is 0 Å². The second kappa shape index (κ2) is 7.60. The van der Waals surface area contributed by atoms with Crippen LogP contribution in [0.5, 0.6) is 0 Å². The van der Waals surface area contributed by atoms with Gasteiger partial charge in [-0.15, -0.1) is 0 Å². The summed E-state index contributed by atoms with van der Waals surface area (Å²) in [4.78, 5) is 16.6. The predicted octanol–water partition coefficient (Wildman–Crippen LogP) is 2.47. The number of likely N-dealkylation sites (N-methyl/N-ethyl adjacent to an activating group) is 1. The molecule has 2 aromatic carbocycles. The van der Waals surface area contributed by atoms with Gasteiger partial charge in [-0.05, 0) is 37.7 Å². The predicted molar refractivity (Wildman–Crippen MR) is 98.2 cm³/mol. The summed E-state index contributed by atoms with van der Waals surface area (Å²) in [7, 11) is 4.13. The molecular formula is C20H25N3O. The number of fused-ring (bicyclic) bond motifs is 1. The Morgan fingerprint density at radius 3 is 2.58 bits per heavy atom. The van der Waals surface area contributed by atoms with Gasteiger partial charge in [0.05, 0.1) is 6.54 Å². The molecule has 0 unspecified atom stereocenters. The van der Waals surface area contributed by atoms with Crippen molar-refractivity contribution in [3.05, 3.63) is 65.7 Å². The molecule has 126 valence electrons. The first kappa shape index (κ1) is 16.7. The Bertz CT molecular complexity index is 684. The number of carbonyl (C=O) groups is 1. The third kappa shape index (κ3) is 3.66. The maximum atomic E-state index is 12.5. The number of carbonyl (C=O) groups excluding carboxylic acids is 1. The second-order valence-corrected chi connectivity index (χ2v) is 6.45. The number of nitrogens with zero attached hydrogens (tertiary/aromatic N) is 2. The summed E-state index contributed by atoms with van der Waals surface area (Å²) < 4.78 is 0. The quantitative estimate of drug-likeness (QED) is 0.887. The van der Waals surface area contributed by atoms with Gasteiger partial charge < -0.3 is 15.1 Å². The smallest absolute Gasteiger partial charge is 0.240 e. The molecule has 1 aliphatic rings. The Labute approximate surface area is 144 Å². The van der Waals surface area contributed by atoms with Crippen LogP contribution in [-0.2, 0) is 11.2 Å². The summed E-state index contributed by atoms with van der Waals surface area (Å²) in [6.07, 6.45) is 0.951. The first-order valence-electron chi connectivity index (χ1n) is 8.47. The minimum atomic E-state index is 0.144. The molecule has 3 rings (SSSR count). The van der Waals surface area contributed by atoms with Crippen molar-refractivity contribution in [3.63, 3.8) is 0 Å². The number of para-hydroxylation sites is 1. The van der Waals surface area contributed by atoms with E-state index in [0.29, 0.717) is 6.54 Å². The molecular weight excluding hydrogens is 298 g/mol. The fourth-order valence-electron chi connectivity index (χ4n) is 3.28. The van der Waals surface area contributed by atoms with E-state index in [9.17, 15) is 4.79 Å². The third-order valence-electron chi connectivity index (χ3n) is 4.61. The van der Waals surface area contributed by atoms with Crippen molar-refractivity contribution in [2.45, 2.75) is 12.5 Å². The Morgan fingerprint density at radius 2 is 1.83 bits per heavy atom. The summed E-state index contributed by atoms with van der Waals surface area (Å²) >= 11 is 0. The van der Waals surface area contributed by atoms with E-state index >= 15 is 0 Å². The molecule has 0 fully saturated rings. The lowest BCUT2D eigenvalue weighted by Crippen LogP contribution is -2.40. The summed E-state index contributed by atoms with van der Waals surface area (Å²) in [6, 6.07) is 18.8. The van der Waals surface area contributed by atoms with E-state index in [1.54, 1.807) is 0 Å². The van der Waals surface area contributed by atoms with Crippen molar-refractivity contribution >= 4 is 11.6 Å². The largest absolute Gasteiger partial charge is 0.311 e. The van der Waals surface area contributed by atoms with Crippen LogP contribution < -0.4 is 10.2 Å². The highest BCUT2D eigenvalue weighted by Gasteiger charge is 2.24. The van der Waals surface area contributed by atoms with Crippen LogP contribution in [0, 0.1) is 0 Å². The highest BCUT2D eigenvalue weighted by Crippen LogP contribution is 2.27. The van der Waals surface area contributed by atoms with Gasteiger partial charge in [-0.25, -0.2) is 0 Å². The molecule has 0 aromatic heterocycles. The van der Waals surface area contributed by atoms with Crippen molar-refractivity contribution in [3.8, 4) is 0 Å². The highest BCUT2D eigenvalue weighted by molar-refractivity contribution is 5.96. The number of hydrogen-bond donors (Lipinski definition) is 1. The highest BCUT2D eigenvalue weighted by atomic mass is 16.2. The Hall–Kier alpha value is -2.17. The molecule has 0 radical (unpaired) electrons. The molecule has 0 spiro atoms. The lowest BCUT2D eigenvalue weighted by atomic mass is 10.1. The Morgan fingerprint density at radius 1 is 1.12 bits per heavy atom. The molecule has 4 nitrogen and oxygen atoms in total. The maximum absolute atomic E-state index is 12.5. The van der Waals surface area contributed by atoms with Crippen molar-refractivity contribution in [2.24, 2.45) is 0 Å². The van der Waals surface area contributed by atoms with Crippen molar-refractivity contribution in [2.75, 3.05) is 38.6 Å². The zero-order valence-electron chi connectivity index (χ0n) is 14.4. The molecule has 0 saturated carbocycles. The number of benzene rings is 2. The molecule has 1 atom stereocenters. The molecule has 0 aliphatic carbocycles. The summed E-state index contributed by atoms with van der Waals surface area (Å²) in [6.45, 7) is 1.90. The van der Waals surface area contributed by atoms with Gasteiger partial charge in [0.25, 0.3) is 0 Å². The molecule has 1 aliphatic heterocycles. The number of anilines is 1. The fraction of sp³-hybridized carbons (Fsp3) is 0.350.